The van der Waals surface area contributed by atoms with Crippen LogP contribution < -0.4 is 0 Å². The van der Waals surface area contributed by atoms with Crippen LogP contribution in [0.4, 0.5) is 0 Å². The number of unbranched alkanes of at least 4 members (excludes halogenated alkanes) is 1. The van der Waals surface area contributed by atoms with E-state index in [4.69, 9.17) is 6.42 Å². The van der Waals surface area contributed by atoms with Gasteiger partial charge in [0.2, 0.25) is 10.0 Å². The number of sulfonamides is 1. The molecule has 0 spiro atoms. The Bertz CT molecular complexity index is 1240. The van der Waals surface area contributed by atoms with Gasteiger partial charge < -0.3 is 4.90 Å². The molecule has 7 nitrogen and oxygen atoms in total. The molecule has 0 fully saturated rings. The zero-order valence-corrected chi connectivity index (χ0v) is 19.5. The summed E-state index contributed by atoms with van der Waals surface area (Å²) in [5.74, 6) is 2.23. The van der Waals surface area contributed by atoms with Gasteiger partial charge in [-0.05, 0) is 30.2 Å². The zero-order valence-electron chi connectivity index (χ0n) is 18.7. The molecular formula is C24H28N4O3S. The summed E-state index contributed by atoms with van der Waals surface area (Å²) >= 11 is 0. The minimum Gasteiger partial charge on any atom is -0.340 e. The first-order valence-corrected chi connectivity index (χ1v) is 11.9. The maximum Gasteiger partial charge on any atom is 0.274 e. The number of rotatable bonds is 9. The fraction of sp³-hybridized carbons (Fsp3) is 0.333. The summed E-state index contributed by atoms with van der Waals surface area (Å²) in [4.78, 5) is 14.8. The lowest BCUT2D eigenvalue weighted by molar-refractivity contribution is 0.0788. The van der Waals surface area contributed by atoms with Gasteiger partial charge in [0.05, 0.1) is 23.5 Å². The first kappa shape index (κ1) is 23.5. The van der Waals surface area contributed by atoms with Crippen LogP contribution in [0, 0.1) is 12.3 Å². The summed E-state index contributed by atoms with van der Waals surface area (Å²) in [5.41, 5.74) is 2.15. The van der Waals surface area contributed by atoms with E-state index >= 15 is 0 Å². The molecule has 32 heavy (non-hydrogen) atoms. The van der Waals surface area contributed by atoms with Crippen LogP contribution in [-0.2, 0) is 16.6 Å². The first-order chi connectivity index (χ1) is 15.3. The molecule has 0 bridgehead atoms. The number of benzene rings is 2. The van der Waals surface area contributed by atoms with E-state index in [0.717, 1.165) is 33.6 Å². The number of para-hydroxylation sites is 1. The normalized spacial score (nSPS) is 11.6. The monoisotopic (exact) mass is 452 g/mol. The van der Waals surface area contributed by atoms with Crippen LogP contribution in [0.2, 0.25) is 0 Å². The number of carbonyl (C=O) groups is 1. The third-order valence-electron chi connectivity index (χ3n) is 5.33. The Balaban J connectivity index is 1.88. The fourth-order valence-corrected chi connectivity index (χ4v) is 4.50. The van der Waals surface area contributed by atoms with Crippen LogP contribution in [0.15, 0.2) is 53.4 Å². The SMILES string of the molecule is C#CCN(C)S(=O)(=O)c1ccc(Cn2nc(C(=O)N(C)CCCC)c3ccccc32)cc1. The minimum atomic E-state index is -3.63. The predicted molar refractivity (Wildman–Crippen MR) is 126 cm³/mol. The molecule has 0 atom stereocenters. The topological polar surface area (TPSA) is 75.5 Å². The van der Waals surface area contributed by atoms with Crippen molar-refractivity contribution in [3.63, 3.8) is 0 Å². The Morgan fingerprint density at radius 1 is 1.12 bits per heavy atom. The van der Waals surface area contributed by atoms with Crippen molar-refractivity contribution in [3.05, 3.63) is 59.8 Å². The third-order valence-corrected chi connectivity index (χ3v) is 7.15. The van der Waals surface area contributed by atoms with E-state index in [2.05, 4.69) is 17.9 Å². The maximum atomic E-state index is 13.0. The van der Waals surface area contributed by atoms with Crippen molar-refractivity contribution in [1.82, 2.24) is 19.0 Å². The lowest BCUT2D eigenvalue weighted by atomic mass is 10.2. The third kappa shape index (κ3) is 4.85. The first-order valence-electron chi connectivity index (χ1n) is 10.5. The van der Waals surface area contributed by atoms with Crippen molar-refractivity contribution in [2.45, 2.75) is 31.2 Å². The van der Waals surface area contributed by atoms with Gasteiger partial charge in [-0.25, -0.2) is 8.42 Å². The van der Waals surface area contributed by atoms with Gasteiger partial charge >= 0.3 is 0 Å². The van der Waals surface area contributed by atoms with E-state index in [1.54, 1.807) is 40.9 Å². The maximum absolute atomic E-state index is 13.0. The summed E-state index contributed by atoms with van der Waals surface area (Å²) in [7, 11) is -0.384. The number of nitrogens with zero attached hydrogens (tertiary/aromatic N) is 4. The number of aromatic nitrogens is 2. The van der Waals surface area contributed by atoms with Crippen LogP contribution in [0.25, 0.3) is 10.9 Å². The van der Waals surface area contributed by atoms with Crippen molar-refractivity contribution in [2.24, 2.45) is 0 Å². The van der Waals surface area contributed by atoms with Gasteiger partial charge in [-0.3, -0.25) is 9.48 Å². The summed E-state index contributed by atoms with van der Waals surface area (Å²) in [6.07, 6.45) is 7.18. The molecule has 8 heteroatoms. The van der Waals surface area contributed by atoms with Crippen LogP contribution in [-0.4, -0.2) is 60.5 Å². The molecule has 3 aromatic rings. The van der Waals surface area contributed by atoms with Crippen molar-refractivity contribution in [1.29, 1.82) is 0 Å². The van der Waals surface area contributed by atoms with Crippen LogP contribution in [0.3, 0.4) is 0 Å². The summed E-state index contributed by atoms with van der Waals surface area (Å²) < 4.78 is 28.0. The van der Waals surface area contributed by atoms with Gasteiger partial charge in [-0.2, -0.15) is 9.40 Å². The molecule has 0 aliphatic rings. The standard InChI is InChI=1S/C24H28N4O3S/c1-5-7-17-26(3)24(29)23-21-10-8-9-11-22(21)28(25-23)18-19-12-14-20(15-13-19)32(30,31)27(4)16-6-2/h2,8-15H,5,7,16-18H2,1,3-4H3. The molecule has 2 aromatic carbocycles. The summed E-state index contributed by atoms with van der Waals surface area (Å²) in [6.45, 7) is 3.19. The second-order valence-corrected chi connectivity index (χ2v) is 9.76. The summed E-state index contributed by atoms with van der Waals surface area (Å²) in [6, 6.07) is 14.3. The highest BCUT2D eigenvalue weighted by molar-refractivity contribution is 7.89. The fourth-order valence-electron chi connectivity index (χ4n) is 3.42. The molecule has 168 valence electrons. The van der Waals surface area contributed by atoms with Crippen molar-refractivity contribution < 1.29 is 13.2 Å². The summed E-state index contributed by atoms with van der Waals surface area (Å²) in [5, 5.41) is 5.42. The Morgan fingerprint density at radius 2 is 1.81 bits per heavy atom. The van der Waals surface area contributed by atoms with E-state index < -0.39 is 10.0 Å². The van der Waals surface area contributed by atoms with Crippen molar-refractivity contribution >= 4 is 26.8 Å². The number of hydrogen-bond donors (Lipinski definition) is 0. The Morgan fingerprint density at radius 3 is 2.47 bits per heavy atom. The van der Waals surface area contributed by atoms with Gasteiger partial charge in [-0.15, -0.1) is 6.42 Å². The average Bonchev–Trinajstić information content (AvgIpc) is 3.16. The molecule has 1 heterocycles. The average molecular weight is 453 g/mol. The van der Waals surface area contributed by atoms with Crippen molar-refractivity contribution in [2.75, 3.05) is 27.2 Å². The van der Waals surface area contributed by atoms with E-state index in [1.807, 2.05) is 24.3 Å². The molecule has 0 unspecified atom stereocenters. The number of amides is 1. The van der Waals surface area contributed by atoms with Crippen LogP contribution >= 0.6 is 0 Å². The van der Waals surface area contributed by atoms with Gasteiger partial charge in [0.1, 0.15) is 0 Å². The number of terminal acetylenes is 1. The van der Waals surface area contributed by atoms with Crippen LogP contribution in [0.5, 0.6) is 0 Å². The van der Waals surface area contributed by atoms with E-state index in [0.29, 0.717) is 18.8 Å². The molecule has 0 N–H and O–H groups in total. The lowest BCUT2D eigenvalue weighted by Crippen LogP contribution is -2.28. The molecule has 0 saturated heterocycles. The molecular weight excluding hydrogens is 424 g/mol. The van der Waals surface area contributed by atoms with Gasteiger partial charge in [0, 0.05) is 26.0 Å². The Kier molecular flexibility index (Phi) is 7.33. The molecule has 0 aliphatic heterocycles. The smallest absolute Gasteiger partial charge is 0.274 e. The zero-order chi connectivity index (χ0) is 23.3. The second-order valence-electron chi connectivity index (χ2n) is 7.71. The van der Waals surface area contributed by atoms with E-state index in [-0.39, 0.29) is 17.3 Å². The molecule has 3 rings (SSSR count). The Labute approximate surface area is 189 Å². The highest BCUT2D eigenvalue weighted by Crippen LogP contribution is 2.22. The van der Waals surface area contributed by atoms with E-state index in [9.17, 15) is 13.2 Å². The highest BCUT2D eigenvalue weighted by atomic mass is 32.2. The van der Waals surface area contributed by atoms with Crippen molar-refractivity contribution in [3.8, 4) is 12.3 Å². The highest BCUT2D eigenvalue weighted by Gasteiger charge is 2.21. The minimum absolute atomic E-state index is 0.00681. The lowest BCUT2D eigenvalue weighted by Gasteiger charge is -2.15. The Hall–Kier alpha value is -3.15. The van der Waals surface area contributed by atoms with Gasteiger partial charge in [-0.1, -0.05) is 49.6 Å². The van der Waals surface area contributed by atoms with Gasteiger partial charge in [0.25, 0.3) is 5.91 Å². The molecule has 1 amide bonds. The van der Waals surface area contributed by atoms with E-state index in [1.165, 1.54) is 7.05 Å². The van der Waals surface area contributed by atoms with Crippen LogP contribution in [0.1, 0.15) is 35.8 Å². The predicted octanol–water partition coefficient (Wildman–Crippen LogP) is 3.21. The van der Waals surface area contributed by atoms with Gasteiger partial charge in [0.15, 0.2) is 5.69 Å². The second kappa shape index (κ2) is 9.98. The molecule has 0 saturated carbocycles. The number of fused-ring (bicyclic) bond motifs is 1. The quantitative estimate of drug-likeness (QED) is 0.467. The largest absolute Gasteiger partial charge is 0.340 e. The molecule has 0 radical (unpaired) electrons. The molecule has 1 aromatic heterocycles. The number of carbonyl (C=O) groups excluding carboxylic acids is 1. The molecule has 0 aliphatic carbocycles. The number of hydrogen-bond acceptors (Lipinski definition) is 4.